The summed E-state index contributed by atoms with van der Waals surface area (Å²) in [5, 5.41) is 6.51. The van der Waals surface area contributed by atoms with Crippen molar-refractivity contribution in [3.05, 3.63) is 29.8 Å². The number of rotatable bonds is 3. The lowest BCUT2D eigenvalue weighted by Crippen LogP contribution is -1.96. The molecule has 0 radical (unpaired) electrons. The Bertz CT molecular complexity index is 284. The van der Waals surface area contributed by atoms with Gasteiger partial charge in [-0.25, -0.2) is 5.26 Å². The van der Waals surface area contributed by atoms with Crippen molar-refractivity contribution in [2.24, 2.45) is 0 Å². The van der Waals surface area contributed by atoms with Crippen molar-refractivity contribution < 1.29 is 4.74 Å². The van der Waals surface area contributed by atoms with Crippen LogP contribution in [0.15, 0.2) is 24.3 Å². The first kappa shape index (κ1) is 12.8. The fourth-order valence-corrected chi connectivity index (χ4v) is 1.28. The molecule has 0 saturated carbocycles. The van der Waals surface area contributed by atoms with E-state index in [1.54, 1.807) is 0 Å². The zero-order chi connectivity index (χ0) is 11.0. The topological polar surface area (TPSA) is 33.0 Å². The molecule has 1 unspecified atom stereocenters. The van der Waals surface area contributed by atoms with Gasteiger partial charge in [0.15, 0.2) is 0 Å². The fraction of sp³-hybridized carbons (Fsp3) is 0.364. The van der Waals surface area contributed by atoms with Crippen LogP contribution in [-0.4, -0.2) is 6.61 Å². The van der Waals surface area contributed by atoms with E-state index in [0.717, 1.165) is 11.3 Å². The first-order valence-corrected chi connectivity index (χ1v) is 4.81. The van der Waals surface area contributed by atoms with Crippen molar-refractivity contribution in [3.63, 3.8) is 0 Å². The molecule has 2 nitrogen and oxygen atoms in total. The summed E-state index contributed by atoms with van der Waals surface area (Å²) in [5.41, 5.74) is 1.06. The Morgan fingerprint density at radius 1 is 1.43 bits per heavy atom. The third-order valence-electron chi connectivity index (χ3n) is 1.65. The van der Waals surface area contributed by atoms with E-state index in [2.05, 4.69) is 6.57 Å². The molecule has 1 rings (SSSR count). The zero-order valence-corrected chi connectivity index (χ0v) is 9.16. The number of benzene rings is 1. The summed E-state index contributed by atoms with van der Waals surface area (Å²) >= 11 is 5.96. The van der Waals surface area contributed by atoms with Crippen LogP contribution in [0.2, 0.25) is 0 Å². The van der Waals surface area contributed by atoms with Gasteiger partial charge < -0.3 is 4.74 Å². The molecule has 1 aromatic carbocycles. The minimum atomic E-state index is 0.00718. The van der Waals surface area contributed by atoms with Gasteiger partial charge in [0, 0.05) is 12.1 Å². The van der Waals surface area contributed by atoms with Gasteiger partial charge in [0.2, 0.25) is 0 Å². The lowest BCUT2D eigenvalue weighted by molar-refractivity contribution is 0.336. The van der Waals surface area contributed by atoms with E-state index in [1.807, 2.05) is 38.1 Å². The Kier molecular flexibility index (Phi) is 6.61. The molecule has 0 amide bonds. The molecule has 3 heteroatoms. The third kappa shape index (κ3) is 3.68. The van der Waals surface area contributed by atoms with Crippen LogP contribution < -0.4 is 4.74 Å². The van der Waals surface area contributed by atoms with E-state index < -0.39 is 0 Å². The molecular formula is C11H14ClNO. The maximum Gasteiger partial charge on any atom is 0.123 e. The fourth-order valence-electron chi connectivity index (χ4n) is 1.10. The maximum atomic E-state index is 6.50. The maximum absolute atomic E-state index is 6.50. The van der Waals surface area contributed by atoms with E-state index >= 15 is 0 Å². The molecular weight excluding hydrogens is 198 g/mol. The number of halogens is 1. The molecule has 0 fully saturated rings. The van der Waals surface area contributed by atoms with Crippen molar-refractivity contribution in [1.29, 1.82) is 5.26 Å². The van der Waals surface area contributed by atoms with Crippen LogP contribution >= 0.6 is 11.6 Å². The Morgan fingerprint density at radius 2 is 2.00 bits per heavy atom. The number of nitrogens with zero attached hydrogens (tertiary/aromatic N) is 1. The molecule has 76 valence electrons. The van der Waals surface area contributed by atoms with Gasteiger partial charge in [0.25, 0.3) is 0 Å². The highest BCUT2D eigenvalue weighted by Crippen LogP contribution is 2.28. The zero-order valence-electron chi connectivity index (χ0n) is 8.40. The molecule has 0 saturated heterocycles. The van der Waals surface area contributed by atoms with Crippen LogP contribution in [0.4, 0.5) is 0 Å². The van der Waals surface area contributed by atoms with Gasteiger partial charge in [-0.15, -0.1) is 11.6 Å². The van der Waals surface area contributed by atoms with Gasteiger partial charge in [-0.2, -0.15) is 0 Å². The molecule has 0 spiro atoms. The van der Waals surface area contributed by atoms with Crippen molar-refractivity contribution >= 4 is 11.6 Å². The van der Waals surface area contributed by atoms with Gasteiger partial charge in [-0.05, 0) is 19.9 Å². The van der Waals surface area contributed by atoms with Gasteiger partial charge >= 0.3 is 0 Å². The smallest absolute Gasteiger partial charge is 0.123 e. The van der Waals surface area contributed by atoms with Gasteiger partial charge in [-0.1, -0.05) is 18.2 Å². The minimum Gasteiger partial charge on any atom is -0.494 e. The highest BCUT2D eigenvalue weighted by atomic mass is 35.5. The molecule has 1 atom stereocenters. The van der Waals surface area contributed by atoms with Crippen LogP contribution in [0, 0.1) is 11.8 Å². The molecule has 0 bridgehead atoms. The predicted molar refractivity (Wildman–Crippen MR) is 58.5 cm³/mol. The van der Waals surface area contributed by atoms with E-state index in [-0.39, 0.29) is 5.38 Å². The Balaban J connectivity index is 0.000000791. The second-order valence-electron chi connectivity index (χ2n) is 2.59. The van der Waals surface area contributed by atoms with Gasteiger partial charge in [-0.3, -0.25) is 0 Å². The normalized spacial score (nSPS) is 10.9. The van der Waals surface area contributed by atoms with E-state index in [9.17, 15) is 0 Å². The number of para-hydroxylation sites is 1. The highest BCUT2D eigenvalue weighted by molar-refractivity contribution is 6.20. The van der Waals surface area contributed by atoms with Crippen molar-refractivity contribution in [3.8, 4) is 12.3 Å². The lowest BCUT2D eigenvalue weighted by atomic mass is 10.1. The minimum absolute atomic E-state index is 0.00718. The van der Waals surface area contributed by atoms with Crippen LogP contribution in [-0.2, 0) is 0 Å². The molecule has 1 aromatic rings. The third-order valence-corrected chi connectivity index (χ3v) is 1.88. The number of nitriles is 1. The summed E-state index contributed by atoms with van der Waals surface area (Å²) in [6.45, 7) is 8.09. The van der Waals surface area contributed by atoms with Gasteiger partial charge in [0.1, 0.15) is 5.75 Å². The first-order chi connectivity index (χ1) is 6.75. The summed E-state index contributed by atoms with van der Waals surface area (Å²) in [7, 11) is 0. The summed E-state index contributed by atoms with van der Waals surface area (Å²) in [5.74, 6) is 0.891. The predicted octanol–water partition coefficient (Wildman–Crippen LogP) is 3.52. The lowest BCUT2D eigenvalue weighted by Gasteiger charge is -2.10. The highest BCUT2D eigenvalue weighted by Gasteiger charge is 2.06. The second kappa shape index (κ2) is 7.23. The average molecular weight is 212 g/mol. The van der Waals surface area contributed by atoms with Crippen molar-refractivity contribution in [2.45, 2.75) is 19.2 Å². The van der Waals surface area contributed by atoms with Crippen LogP contribution in [0.1, 0.15) is 24.8 Å². The molecule has 0 aliphatic rings. The number of hydrogen-bond acceptors (Lipinski definition) is 2. The van der Waals surface area contributed by atoms with Gasteiger partial charge in [0.05, 0.1) is 12.0 Å². The largest absolute Gasteiger partial charge is 0.494 e. The first-order valence-electron chi connectivity index (χ1n) is 4.37. The van der Waals surface area contributed by atoms with Crippen molar-refractivity contribution in [2.75, 3.05) is 6.61 Å². The molecule has 0 aliphatic carbocycles. The number of ether oxygens (including phenoxy) is 1. The summed E-state index contributed by atoms with van der Waals surface area (Å²) in [4.78, 5) is 0. The molecule has 14 heavy (non-hydrogen) atoms. The van der Waals surface area contributed by atoms with Crippen molar-refractivity contribution in [1.82, 2.24) is 0 Å². The van der Waals surface area contributed by atoms with E-state index in [0.29, 0.717) is 6.61 Å². The number of hydrogen-bond donors (Lipinski definition) is 0. The van der Waals surface area contributed by atoms with Crippen LogP contribution in [0.25, 0.3) is 0 Å². The number of alkyl halides is 1. The Labute approximate surface area is 90.1 Å². The van der Waals surface area contributed by atoms with E-state index in [1.165, 1.54) is 0 Å². The Hall–Kier alpha value is -1.20. The summed E-state index contributed by atoms with van der Waals surface area (Å²) < 4.78 is 5.41. The standard InChI is InChI=1S/C10H13ClO.CHN/c1-3-12-10-7-5-4-6-9(10)8(2)11;1-2/h4-8H,3H2,1-2H3;1H. The molecule has 0 N–H and O–H groups in total. The van der Waals surface area contributed by atoms with Crippen LogP contribution in [0.5, 0.6) is 5.75 Å². The SMILES string of the molecule is C#N.CCOc1ccccc1C(C)Cl. The average Bonchev–Trinajstić information content (AvgIpc) is 2.22. The van der Waals surface area contributed by atoms with Crippen LogP contribution in [0.3, 0.4) is 0 Å². The molecule has 0 aliphatic heterocycles. The van der Waals surface area contributed by atoms with E-state index in [4.69, 9.17) is 21.6 Å². The molecule has 0 heterocycles. The summed E-state index contributed by atoms with van der Waals surface area (Å²) in [6.07, 6.45) is 0. The quantitative estimate of drug-likeness (QED) is 0.717. The molecule has 0 aromatic heterocycles. The second-order valence-corrected chi connectivity index (χ2v) is 3.24. The Morgan fingerprint density at radius 3 is 2.50 bits per heavy atom. The monoisotopic (exact) mass is 211 g/mol. The summed E-state index contributed by atoms with van der Waals surface area (Å²) in [6, 6.07) is 7.85.